The molecule has 0 aromatic carbocycles. The summed E-state index contributed by atoms with van der Waals surface area (Å²) in [5.74, 6) is 2.85. The van der Waals surface area contributed by atoms with Crippen LogP contribution in [0.4, 0.5) is 0 Å². The molecule has 0 aromatic heterocycles. The maximum absolute atomic E-state index is 11.1. The normalized spacial score (nSPS) is 33.5. The van der Waals surface area contributed by atoms with Crippen molar-refractivity contribution in [3.05, 3.63) is 35.5 Å². The Balaban J connectivity index is 1.91. The highest BCUT2D eigenvalue weighted by Gasteiger charge is 2.50. The van der Waals surface area contributed by atoms with E-state index in [1.54, 1.807) is 5.57 Å². The van der Waals surface area contributed by atoms with Crippen molar-refractivity contribution in [1.82, 2.24) is 0 Å². The Kier molecular flexibility index (Phi) is 10.5. The largest absolute Gasteiger partial charge is 0.432 e. The van der Waals surface area contributed by atoms with E-state index in [9.17, 15) is 4.80 Å². The van der Waals surface area contributed by atoms with Crippen molar-refractivity contribution in [2.45, 2.75) is 162 Å². The van der Waals surface area contributed by atoms with Crippen molar-refractivity contribution in [3.63, 3.8) is 0 Å². The second kappa shape index (κ2) is 12.3. The van der Waals surface area contributed by atoms with Gasteiger partial charge in [0.25, 0.3) is 0 Å². The molecule has 3 aliphatic carbocycles. The fraction of sp³-hybridized carbons (Fsp3) is 0.833. The topological polar surface area (TPSA) is 29.5 Å². The van der Waals surface area contributed by atoms with Crippen LogP contribution < -0.4 is 0 Å². The lowest BCUT2D eigenvalue weighted by Crippen LogP contribution is -2.46. The summed E-state index contributed by atoms with van der Waals surface area (Å²) in [4.78, 5) is 11.1. The quantitative estimate of drug-likeness (QED) is 0.215. The van der Waals surface area contributed by atoms with Gasteiger partial charge in [0.2, 0.25) is 0 Å². The molecular formula is C36H66O2Si2. The van der Waals surface area contributed by atoms with Crippen molar-refractivity contribution >= 4 is 16.6 Å². The van der Waals surface area contributed by atoms with Crippen LogP contribution in [-0.4, -0.2) is 27.5 Å². The average molecular weight is 587 g/mol. The summed E-state index contributed by atoms with van der Waals surface area (Å²) < 4.78 is 7.08. The van der Waals surface area contributed by atoms with E-state index in [0.717, 1.165) is 37.0 Å². The standard InChI is InChI=1S/C36H66O2Si2/c1-14-16-26(2)31-20-21-32-29(17-15-22-36(31,32)9)19-18-28-23-30(25-35(7,8)39(10,11)37)27(3)33(24-28)38-40(12,13)34(4,5)6/h18-19,26,30-33,37H,3,14-17,20-25H2,1-2,4-13H3/b28-18+,29-19+/t26-,30-,31?,32-,33+,36+/m0/s1. The van der Waals surface area contributed by atoms with E-state index in [1.807, 2.05) is 0 Å². The summed E-state index contributed by atoms with van der Waals surface area (Å²) in [5.41, 5.74) is 5.01. The zero-order valence-corrected chi connectivity index (χ0v) is 30.7. The summed E-state index contributed by atoms with van der Waals surface area (Å²) in [6.07, 6.45) is 17.7. The molecule has 3 saturated carbocycles. The number of allylic oxidation sites excluding steroid dienone is 3. The van der Waals surface area contributed by atoms with Gasteiger partial charge in [-0.05, 0) is 122 Å². The summed E-state index contributed by atoms with van der Waals surface area (Å²) in [6.45, 7) is 32.7. The third-order valence-corrected chi connectivity index (χ3v) is 20.6. The first kappa shape index (κ1) is 34.1. The number of rotatable bonds is 9. The Labute approximate surface area is 251 Å². The van der Waals surface area contributed by atoms with Gasteiger partial charge in [-0.25, -0.2) is 0 Å². The van der Waals surface area contributed by atoms with Crippen LogP contribution in [0.25, 0.3) is 0 Å². The summed E-state index contributed by atoms with van der Waals surface area (Å²) in [5, 5.41) is 0.105. The van der Waals surface area contributed by atoms with Gasteiger partial charge in [0.1, 0.15) is 0 Å². The zero-order valence-electron chi connectivity index (χ0n) is 28.7. The number of hydrogen-bond acceptors (Lipinski definition) is 2. The Morgan fingerprint density at radius 1 is 1.07 bits per heavy atom. The average Bonchev–Trinajstić information content (AvgIpc) is 3.16. The molecule has 0 heterocycles. The molecule has 6 atom stereocenters. The lowest BCUT2D eigenvalue weighted by Gasteiger charge is -2.45. The molecule has 40 heavy (non-hydrogen) atoms. The second-order valence-electron chi connectivity index (χ2n) is 17.1. The van der Waals surface area contributed by atoms with Gasteiger partial charge >= 0.3 is 0 Å². The first-order valence-corrected chi connectivity index (χ1v) is 22.6. The fourth-order valence-corrected chi connectivity index (χ4v) is 10.2. The molecule has 3 fully saturated rings. The van der Waals surface area contributed by atoms with Gasteiger partial charge in [-0.1, -0.05) is 98.1 Å². The van der Waals surface area contributed by atoms with Crippen LogP contribution in [0.3, 0.4) is 0 Å². The molecule has 4 heteroatoms. The van der Waals surface area contributed by atoms with E-state index in [-0.39, 0.29) is 16.2 Å². The van der Waals surface area contributed by atoms with Gasteiger partial charge in [-0.3, -0.25) is 0 Å². The van der Waals surface area contributed by atoms with Crippen LogP contribution in [0.5, 0.6) is 0 Å². The Morgan fingerprint density at radius 2 is 1.73 bits per heavy atom. The molecule has 0 spiro atoms. The maximum atomic E-state index is 11.1. The molecule has 1 unspecified atom stereocenters. The van der Waals surface area contributed by atoms with Gasteiger partial charge in [0.05, 0.1) is 6.10 Å². The van der Waals surface area contributed by atoms with Gasteiger partial charge in [-0.15, -0.1) is 0 Å². The van der Waals surface area contributed by atoms with Crippen LogP contribution in [0, 0.1) is 29.1 Å². The lowest BCUT2D eigenvalue weighted by atomic mass is 9.60. The van der Waals surface area contributed by atoms with Crippen molar-refractivity contribution < 1.29 is 9.22 Å². The minimum Gasteiger partial charge on any atom is -0.432 e. The molecule has 0 aromatic rings. The lowest BCUT2D eigenvalue weighted by molar-refractivity contribution is 0.0940. The first-order chi connectivity index (χ1) is 18.2. The summed E-state index contributed by atoms with van der Waals surface area (Å²) in [6, 6.07) is 0. The number of fused-ring (bicyclic) bond motifs is 1. The monoisotopic (exact) mass is 586 g/mol. The van der Waals surface area contributed by atoms with Gasteiger partial charge < -0.3 is 9.22 Å². The summed E-state index contributed by atoms with van der Waals surface area (Å²) in [7, 11) is -4.26. The summed E-state index contributed by atoms with van der Waals surface area (Å²) >= 11 is 0. The molecule has 230 valence electrons. The molecule has 1 N–H and O–H groups in total. The smallest absolute Gasteiger partial charge is 0.192 e. The minimum absolute atomic E-state index is 0.0672. The second-order valence-corrected chi connectivity index (χ2v) is 26.4. The molecule has 0 radical (unpaired) electrons. The molecule has 3 aliphatic rings. The van der Waals surface area contributed by atoms with Crippen LogP contribution in [-0.2, 0) is 4.43 Å². The third-order valence-electron chi connectivity index (χ3n) is 12.6. The highest BCUT2D eigenvalue weighted by Crippen LogP contribution is 2.60. The van der Waals surface area contributed by atoms with Crippen molar-refractivity contribution in [2.24, 2.45) is 29.1 Å². The van der Waals surface area contributed by atoms with E-state index in [4.69, 9.17) is 4.43 Å². The SMILES string of the molecule is C=C1[C@H](CC(C)(C)[Si](C)(C)O)C/C(=C\C=C2/CCC[C@]3(C)C([C@@H](C)CCC)CC[C@@H]23)C[C@H]1O[Si](C)(C)C(C)(C)C. The van der Waals surface area contributed by atoms with Crippen molar-refractivity contribution in [2.75, 3.05) is 0 Å². The fourth-order valence-electron chi connectivity index (χ4n) is 8.11. The highest BCUT2D eigenvalue weighted by molar-refractivity contribution is 6.74. The molecule has 0 saturated heterocycles. The van der Waals surface area contributed by atoms with E-state index in [0.29, 0.717) is 11.3 Å². The van der Waals surface area contributed by atoms with E-state index < -0.39 is 16.6 Å². The van der Waals surface area contributed by atoms with Crippen LogP contribution in [0.15, 0.2) is 35.5 Å². The predicted molar refractivity (Wildman–Crippen MR) is 181 cm³/mol. The van der Waals surface area contributed by atoms with Crippen LogP contribution >= 0.6 is 0 Å². The first-order valence-electron chi connectivity index (χ1n) is 16.7. The Bertz CT molecular complexity index is 918. The molecule has 0 amide bonds. The van der Waals surface area contributed by atoms with E-state index in [1.165, 1.54) is 56.1 Å². The van der Waals surface area contributed by atoms with Gasteiger partial charge in [-0.2, -0.15) is 0 Å². The Morgan fingerprint density at radius 3 is 2.30 bits per heavy atom. The Hall–Kier alpha value is -0.426. The van der Waals surface area contributed by atoms with Crippen molar-refractivity contribution in [3.8, 4) is 0 Å². The molecular weight excluding hydrogens is 521 g/mol. The van der Waals surface area contributed by atoms with E-state index >= 15 is 0 Å². The predicted octanol–water partition coefficient (Wildman–Crippen LogP) is 11.2. The minimum atomic E-state index is -2.31. The highest BCUT2D eigenvalue weighted by atomic mass is 28.4. The zero-order chi connectivity index (χ0) is 30.3. The molecule has 0 bridgehead atoms. The van der Waals surface area contributed by atoms with E-state index in [2.05, 4.69) is 100 Å². The molecule has 2 nitrogen and oxygen atoms in total. The maximum Gasteiger partial charge on any atom is 0.192 e. The number of hydrogen-bond donors (Lipinski definition) is 1. The van der Waals surface area contributed by atoms with Gasteiger partial charge in [0.15, 0.2) is 16.6 Å². The molecule has 3 rings (SSSR count). The van der Waals surface area contributed by atoms with Crippen LogP contribution in [0.2, 0.25) is 36.3 Å². The third kappa shape index (κ3) is 7.20. The molecule has 0 aliphatic heterocycles. The van der Waals surface area contributed by atoms with Crippen LogP contribution in [0.1, 0.15) is 120 Å². The van der Waals surface area contributed by atoms with Gasteiger partial charge in [0, 0.05) is 0 Å². The van der Waals surface area contributed by atoms with Crippen molar-refractivity contribution in [1.29, 1.82) is 0 Å².